The number of carboxylic acid groups (broad SMARTS) is 1. The largest absolute Gasteiger partial charge is 0.480 e. The zero-order valence-electron chi connectivity index (χ0n) is 9.27. The molecule has 88 valence electrons. The number of guanidine groups is 1. The first kappa shape index (κ1) is 12.0. The molecule has 0 aliphatic heterocycles. The second-order valence-electron chi connectivity index (χ2n) is 3.18. The van der Waals surface area contributed by atoms with Crippen LogP contribution < -0.4 is 11.1 Å². The molecule has 1 heterocycles. The summed E-state index contributed by atoms with van der Waals surface area (Å²) >= 11 is 0. The van der Waals surface area contributed by atoms with Gasteiger partial charge in [-0.15, -0.1) is 0 Å². The molecule has 0 aromatic carbocycles. The highest BCUT2D eigenvalue weighted by atomic mass is 16.4. The fraction of sp³-hybridized carbons (Fsp3) is 0.444. The van der Waals surface area contributed by atoms with Gasteiger partial charge < -0.3 is 16.2 Å². The number of aliphatic imine (C=N–C) groups is 1. The van der Waals surface area contributed by atoms with E-state index in [2.05, 4.69) is 15.4 Å². The van der Waals surface area contributed by atoms with Crippen molar-refractivity contribution in [2.45, 2.75) is 19.9 Å². The summed E-state index contributed by atoms with van der Waals surface area (Å²) in [5.41, 5.74) is 6.41. The average molecular weight is 225 g/mol. The molecule has 0 aliphatic rings. The van der Waals surface area contributed by atoms with Gasteiger partial charge in [0.15, 0.2) is 11.8 Å². The van der Waals surface area contributed by atoms with E-state index in [1.54, 1.807) is 13.2 Å². The van der Waals surface area contributed by atoms with E-state index in [-0.39, 0.29) is 12.5 Å². The van der Waals surface area contributed by atoms with Gasteiger partial charge in [0, 0.05) is 18.8 Å². The smallest absolute Gasteiger partial charge is 0.325 e. The minimum Gasteiger partial charge on any atom is -0.480 e. The first-order chi connectivity index (χ1) is 7.56. The molecule has 0 saturated heterocycles. The SMILES string of the molecule is CCc1cn(CC(=O)O)nc1NC(N)=NC. The predicted octanol–water partition coefficient (Wildman–Crippen LogP) is -0.113. The van der Waals surface area contributed by atoms with Gasteiger partial charge in [0.1, 0.15) is 6.54 Å². The van der Waals surface area contributed by atoms with Crippen molar-refractivity contribution in [2.24, 2.45) is 10.7 Å². The standard InChI is InChI=1S/C9H15N5O2/c1-3-6-4-14(5-7(15)16)13-8(6)12-9(10)11-2/h4H,3,5H2,1-2H3,(H,15,16)(H3,10,11,12,13). The maximum absolute atomic E-state index is 10.5. The molecule has 4 N–H and O–H groups in total. The monoisotopic (exact) mass is 225 g/mol. The maximum Gasteiger partial charge on any atom is 0.325 e. The highest BCUT2D eigenvalue weighted by Gasteiger charge is 2.09. The van der Waals surface area contributed by atoms with E-state index in [0.29, 0.717) is 5.82 Å². The van der Waals surface area contributed by atoms with E-state index < -0.39 is 5.97 Å². The number of hydrogen-bond acceptors (Lipinski definition) is 3. The number of nitrogens with zero attached hydrogens (tertiary/aromatic N) is 3. The number of aryl methyl sites for hydroxylation is 1. The number of carboxylic acids is 1. The van der Waals surface area contributed by atoms with E-state index in [0.717, 1.165) is 12.0 Å². The number of aliphatic carboxylic acids is 1. The fourth-order valence-corrected chi connectivity index (χ4v) is 1.22. The summed E-state index contributed by atoms with van der Waals surface area (Å²) in [6.07, 6.45) is 2.42. The van der Waals surface area contributed by atoms with Crippen LogP contribution in [0.5, 0.6) is 0 Å². The maximum atomic E-state index is 10.5. The van der Waals surface area contributed by atoms with Crippen molar-refractivity contribution in [1.29, 1.82) is 0 Å². The molecule has 0 aliphatic carbocycles. The van der Waals surface area contributed by atoms with Crippen LogP contribution in [-0.2, 0) is 17.8 Å². The third-order valence-corrected chi connectivity index (χ3v) is 2.00. The van der Waals surface area contributed by atoms with Crippen molar-refractivity contribution in [3.63, 3.8) is 0 Å². The Morgan fingerprint density at radius 3 is 2.94 bits per heavy atom. The molecule has 7 heteroatoms. The first-order valence-electron chi connectivity index (χ1n) is 4.84. The first-order valence-corrected chi connectivity index (χ1v) is 4.84. The second kappa shape index (κ2) is 5.15. The molecule has 1 aromatic rings. The quantitative estimate of drug-likeness (QED) is 0.489. The number of rotatable bonds is 4. The molecule has 0 radical (unpaired) electrons. The third kappa shape index (κ3) is 2.97. The van der Waals surface area contributed by atoms with Crippen molar-refractivity contribution < 1.29 is 9.90 Å². The van der Waals surface area contributed by atoms with Gasteiger partial charge in [0.05, 0.1) is 0 Å². The molecule has 0 fully saturated rings. The lowest BCUT2D eigenvalue weighted by molar-refractivity contribution is -0.137. The molecule has 1 aromatic heterocycles. The third-order valence-electron chi connectivity index (χ3n) is 2.00. The Kier molecular flexibility index (Phi) is 3.87. The fourth-order valence-electron chi connectivity index (χ4n) is 1.22. The summed E-state index contributed by atoms with van der Waals surface area (Å²) in [4.78, 5) is 14.3. The number of anilines is 1. The Morgan fingerprint density at radius 2 is 2.44 bits per heavy atom. The summed E-state index contributed by atoms with van der Waals surface area (Å²) in [5, 5.41) is 15.5. The minimum atomic E-state index is -0.936. The van der Waals surface area contributed by atoms with E-state index in [1.807, 2.05) is 6.92 Å². The zero-order chi connectivity index (χ0) is 12.1. The molecule has 0 bridgehead atoms. The Bertz CT molecular complexity index is 410. The van der Waals surface area contributed by atoms with E-state index in [9.17, 15) is 4.79 Å². The molecule has 0 saturated carbocycles. The van der Waals surface area contributed by atoms with Gasteiger partial charge in [-0.1, -0.05) is 6.92 Å². The average Bonchev–Trinajstić information content (AvgIpc) is 2.59. The summed E-state index contributed by atoms with van der Waals surface area (Å²) < 4.78 is 1.35. The van der Waals surface area contributed by atoms with Crippen molar-refractivity contribution in [1.82, 2.24) is 9.78 Å². The van der Waals surface area contributed by atoms with Gasteiger partial charge in [-0.05, 0) is 6.42 Å². The minimum absolute atomic E-state index is 0.169. The molecule has 0 unspecified atom stereocenters. The number of nitrogens with one attached hydrogen (secondary N) is 1. The predicted molar refractivity (Wildman–Crippen MR) is 60.4 cm³/mol. The van der Waals surface area contributed by atoms with Gasteiger partial charge in [-0.3, -0.25) is 14.5 Å². The Labute approximate surface area is 93.0 Å². The van der Waals surface area contributed by atoms with Crippen LogP contribution in [-0.4, -0.2) is 33.9 Å². The second-order valence-corrected chi connectivity index (χ2v) is 3.18. The number of carbonyl (C=O) groups is 1. The lowest BCUT2D eigenvalue weighted by Crippen LogP contribution is -2.23. The molecule has 7 nitrogen and oxygen atoms in total. The van der Waals surface area contributed by atoms with Gasteiger partial charge in [-0.2, -0.15) is 5.10 Å². The summed E-state index contributed by atoms with van der Waals surface area (Å²) in [7, 11) is 1.56. The van der Waals surface area contributed by atoms with Crippen LogP contribution >= 0.6 is 0 Å². The molecular weight excluding hydrogens is 210 g/mol. The summed E-state index contributed by atoms with van der Waals surface area (Å²) in [5.74, 6) is -0.143. The molecule has 1 rings (SSSR count). The van der Waals surface area contributed by atoms with Crippen LogP contribution in [0.4, 0.5) is 5.82 Å². The highest BCUT2D eigenvalue weighted by Crippen LogP contribution is 2.13. The van der Waals surface area contributed by atoms with Crippen molar-refractivity contribution in [3.05, 3.63) is 11.8 Å². The number of nitrogens with two attached hydrogens (primary N) is 1. The van der Waals surface area contributed by atoms with Crippen molar-refractivity contribution in [2.75, 3.05) is 12.4 Å². The van der Waals surface area contributed by atoms with Crippen LogP contribution in [0.2, 0.25) is 0 Å². The summed E-state index contributed by atoms with van der Waals surface area (Å²) in [6, 6.07) is 0. The molecule has 16 heavy (non-hydrogen) atoms. The molecule has 0 spiro atoms. The van der Waals surface area contributed by atoms with Crippen LogP contribution in [0.15, 0.2) is 11.2 Å². The van der Waals surface area contributed by atoms with Crippen LogP contribution in [0.25, 0.3) is 0 Å². The van der Waals surface area contributed by atoms with E-state index in [1.165, 1.54) is 4.68 Å². The Morgan fingerprint density at radius 1 is 1.75 bits per heavy atom. The normalized spacial score (nSPS) is 11.5. The lowest BCUT2D eigenvalue weighted by atomic mass is 10.2. The topological polar surface area (TPSA) is 106 Å². The van der Waals surface area contributed by atoms with Crippen LogP contribution in [0.3, 0.4) is 0 Å². The molecule has 0 atom stereocenters. The highest BCUT2D eigenvalue weighted by molar-refractivity contribution is 5.91. The Hall–Kier alpha value is -2.05. The van der Waals surface area contributed by atoms with Crippen molar-refractivity contribution in [3.8, 4) is 0 Å². The van der Waals surface area contributed by atoms with E-state index >= 15 is 0 Å². The van der Waals surface area contributed by atoms with Gasteiger partial charge in [0.25, 0.3) is 0 Å². The Balaban J connectivity index is 2.90. The summed E-state index contributed by atoms with van der Waals surface area (Å²) in [6.45, 7) is 1.78. The zero-order valence-corrected chi connectivity index (χ0v) is 9.27. The van der Waals surface area contributed by atoms with Crippen molar-refractivity contribution >= 4 is 17.7 Å². The van der Waals surface area contributed by atoms with Gasteiger partial charge in [0.2, 0.25) is 0 Å². The van der Waals surface area contributed by atoms with Crippen LogP contribution in [0, 0.1) is 0 Å². The molecule has 0 amide bonds. The van der Waals surface area contributed by atoms with Gasteiger partial charge in [-0.25, -0.2) is 0 Å². The van der Waals surface area contributed by atoms with Crippen LogP contribution in [0.1, 0.15) is 12.5 Å². The number of aromatic nitrogens is 2. The molecular formula is C9H15N5O2. The van der Waals surface area contributed by atoms with E-state index in [4.69, 9.17) is 10.8 Å². The van der Waals surface area contributed by atoms with Gasteiger partial charge >= 0.3 is 5.97 Å². The lowest BCUT2D eigenvalue weighted by Gasteiger charge is -2.02. The number of hydrogen-bond donors (Lipinski definition) is 3.